The van der Waals surface area contributed by atoms with Crippen molar-refractivity contribution in [3.05, 3.63) is 58.4 Å². The summed E-state index contributed by atoms with van der Waals surface area (Å²) in [5.41, 5.74) is 3.73. The predicted molar refractivity (Wildman–Crippen MR) is 103 cm³/mol. The fourth-order valence-corrected chi connectivity index (χ4v) is 4.02. The first-order valence-corrected chi connectivity index (χ1v) is 10.1. The van der Waals surface area contributed by atoms with E-state index in [2.05, 4.69) is 15.4 Å². The molecule has 0 unspecified atom stereocenters. The molecule has 0 aliphatic carbocycles. The molecule has 3 rings (SSSR count). The van der Waals surface area contributed by atoms with Gasteiger partial charge >= 0.3 is 0 Å². The first kappa shape index (κ1) is 17.7. The van der Waals surface area contributed by atoms with Gasteiger partial charge in [-0.05, 0) is 38.3 Å². The van der Waals surface area contributed by atoms with Gasteiger partial charge in [-0.2, -0.15) is 5.10 Å². The van der Waals surface area contributed by atoms with Gasteiger partial charge in [-0.15, -0.1) is 23.1 Å². The van der Waals surface area contributed by atoms with Gasteiger partial charge in [0.25, 0.3) is 5.91 Å². The van der Waals surface area contributed by atoms with Gasteiger partial charge in [-0.1, -0.05) is 12.1 Å². The Morgan fingerprint density at radius 2 is 2.12 bits per heavy atom. The van der Waals surface area contributed by atoms with Crippen LogP contribution in [0.25, 0.3) is 5.13 Å². The number of aromatic nitrogens is 3. The summed E-state index contributed by atoms with van der Waals surface area (Å²) in [6.07, 6.45) is 2.67. The lowest BCUT2D eigenvalue weighted by molar-refractivity contribution is 0.0951. The lowest BCUT2D eigenvalue weighted by atomic mass is 10.2. The first-order valence-electron chi connectivity index (χ1n) is 7.97. The van der Waals surface area contributed by atoms with Crippen molar-refractivity contribution >= 4 is 29.0 Å². The number of rotatable bonds is 6. The molecule has 5 nitrogen and oxygen atoms in total. The lowest BCUT2D eigenvalue weighted by Crippen LogP contribution is -2.26. The van der Waals surface area contributed by atoms with Gasteiger partial charge in [0.05, 0.1) is 17.0 Å². The number of hydrogen-bond acceptors (Lipinski definition) is 5. The number of nitrogens with one attached hydrogen (secondary N) is 1. The van der Waals surface area contributed by atoms with Crippen LogP contribution in [0.5, 0.6) is 0 Å². The van der Waals surface area contributed by atoms with E-state index in [9.17, 15) is 4.79 Å². The van der Waals surface area contributed by atoms with Crippen LogP contribution in [0.2, 0.25) is 0 Å². The standard InChI is InChI=1S/C18H20N4OS2/c1-12-10-13(2)22(21-12)18-20-14(11-25-18)8-9-19-17(23)15-6-4-5-7-16(15)24-3/h4-7,10-11H,8-9H2,1-3H3,(H,19,23). The van der Waals surface area contributed by atoms with E-state index in [0.29, 0.717) is 13.0 Å². The Hall–Kier alpha value is -2.12. The van der Waals surface area contributed by atoms with Gasteiger partial charge in [0.1, 0.15) is 0 Å². The molecule has 0 saturated heterocycles. The normalized spacial score (nSPS) is 10.8. The highest BCUT2D eigenvalue weighted by molar-refractivity contribution is 7.98. The number of amides is 1. The van der Waals surface area contributed by atoms with Crippen LogP contribution in [-0.2, 0) is 6.42 Å². The SMILES string of the molecule is CSc1ccccc1C(=O)NCCc1csc(-n2nc(C)cc2C)n1. The second kappa shape index (κ2) is 7.84. The maximum absolute atomic E-state index is 12.3. The monoisotopic (exact) mass is 372 g/mol. The molecule has 1 amide bonds. The minimum Gasteiger partial charge on any atom is -0.352 e. The van der Waals surface area contributed by atoms with Crippen molar-refractivity contribution in [2.24, 2.45) is 0 Å². The van der Waals surface area contributed by atoms with E-state index in [1.54, 1.807) is 23.1 Å². The molecule has 0 saturated carbocycles. The van der Waals surface area contributed by atoms with Crippen LogP contribution < -0.4 is 5.32 Å². The Balaban J connectivity index is 1.59. The fraction of sp³-hybridized carbons (Fsp3) is 0.278. The van der Waals surface area contributed by atoms with Crippen LogP contribution in [0, 0.1) is 13.8 Å². The largest absolute Gasteiger partial charge is 0.352 e. The molecule has 2 heterocycles. The number of carbonyl (C=O) groups excluding carboxylic acids is 1. The van der Waals surface area contributed by atoms with Gasteiger partial charge in [0.2, 0.25) is 5.13 Å². The molecule has 1 N–H and O–H groups in total. The summed E-state index contributed by atoms with van der Waals surface area (Å²) in [4.78, 5) is 17.9. The number of carbonyl (C=O) groups is 1. The van der Waals surface area contributed by atoms with E-state index in [4.69, 9.17) is 0 Å². The summed E-state index contributed by atoms with van der Waals surface area (Å²) in [6, 6.07) is 9.67. The van der Waals surface area contributed by atoms with Crippen LogP contribution in [0.3, 0.4) is 0 Å². The van der Waals surface area contributed by atoms with Gasteiger partial charge in [0.15, 0.2) is 0 Å². The number of aryl methyl sites for hydroxylation is 2. The molecule has 2 aromatic heterocycles. The van der Waals surface area contributed by atoms with Gasteiger partial charge in [-0.25, -0.2) is 9.67 Å². The molecule has 3 aromatic rings. The van der Waals surface area contributed by atoms with Crippen molar-refractivity contribution in [2.45, 2.75) is 25.2 Å². The molecule has 0 spiro atoms. The van der Waals surface area contributed by atoms with Gasteiger partial charge < -0.3 is 5.32 Å². The maximum Gasteiger partial charge on any atom is 0.252 e. The highest BCUT2D eigenvalue weighted by atomic mass is 32.2. The molecule has 130 valence electrons. The summed E-state index contributed by atoms with van der Waals surface area (Å²) in [5, 5.41) is 10.3. The molecule has 25 heavy (non-hydrogen) atoms. The predicted octanol–water partition coefficient (Wildman–Crippen LogP) is 3.64. The van der Waals surface area contributed by atoms with Crippen LogP contribution >= 0.6 is 23.1 Å². The van der Waals surface area contributed by atoms with Crippen LogP contribution in [0.4, 0.5) is 0 Å². The third-order valence-corrected chi connectivity index (χ3v) is 5.41. The Bertz CT molecular complexity index is 885. The fourth-order valence-electron chi connectivity index (χ4n) is 2.56. The molecule has 0 atom stereocenters. The zero-order valence-electron chi connectivity index (χ0n) is 14.4. The number of benzene rings is 1. The molecular formula is C18H20N4OS2. The van der Waals surface area contributed by atoms with Gasteiger partial charge in [-0.3, -0.25) is 4.79 Å². The lowest BCUT2D eigenvalue weighted by Gasteiger charge is -2.07. The zero-order chi connectivity index (χ0) is 17.8. The van der Waals surface area contributed by atoms with Crippen molar-refractivity contribution in [3.63, 3.8) is 0 Å². The second-order valence-corrected chi connectivity index (χ2v) is 7.35. The van der Waals surface area contributed by atoms with Gasteiger partial charge in [0, 0.05) is 28.9 Å². The van der Waals surface area contributed by atoms with Crippen LogP contribution in [-0.4, -0.2) is 33.5 Å². The average molecular weight is 373 g/mol. The van der Waals surface area contributed by atoms with Crippen LogP contribution in [0.15, 0.2) is 40.6 Å². The zero-order valence-corrected chi connectivity index (χ0v) is 16.1. The first-order chi connectivity index (χ1) is 12.1. The smallest absolute Gasteiger partial charge is 0.252 e. The highest BCUT2D eigenvalue weighted by Gasteiger charge is 2.11. The number of hydrogen-bond donors (Lipinski definition) is 1. The van der Waals surface area contributed by atoms with E-state index in [-0.39, 0.29) is 5.91 Å². The molecule has 7 heteroatoms. The summed E-state index contributed by atoms with van der Waals surface area (Å²) in [6.45, 7) is 4.55. The number of thioether (sulfide) groups is 1. The van der Waals surface area contributed by atoms with E-state index in [1.165, 1.54) is 0 Å². The van der Waals surface area contributed by atoms with Crippen LogP contribution in [0.1, 0.15) is 27.4 Å². The van der Waals surface area contributed by atoms with Crippen molar-refractivity contribution in [3.8, 4) is 5.13 Å². The summed E-state index contributed by atoms with van der Waals surface area (Å²) in [7, 11) is 0. The Kier molecular flexibility index (Phi) is 5.55. The Labute approximate surface area is 155 Å². The minimum absolute atomic E-state index is 0.0426. The Morgan fingerprint density at radius 1 is 1.32 bits per heavy atom. The van der Waals surface area contributed by atoms with Crippen molar-refractivity contribution in [1.29, 1.82) is 0 Å². The molecule has 0 fully saturated rings. The highest BCUT2D eigenvalue weighted by Crippen LogP contribution is 2.20. The van der Waals surface area contributed by atoms with Crippen molar-refractivity contribution in [2.75, 3.05) is 12.8 Å². The molecule has 0 aliphatic rings. The average Bonchev–Trinajstić information content (AvgIpc) is 3.20. The maximum atomic E-state index is 12.3. The second-order valence-electron chi connectivity index (χ2n) is 5.67. The van der Waals surface area contributed by atoms with E-state index in [0.717, 1.165) is 32.7 Å². The molecule has 1 aromatic carbocycles. The van der Waals surface area contributed by atoms with Crippen molar-refractivity contribution < 1.29 is 4.79 Å². The molecule has 0 radical (unpaired) electrons. The minimum atomic E-state index is -0.0426. The molecule has 0 aliphatic heterocycles. The summed E-state index contributed by atoms with van der Waals surface area (Å²) < 4.78 is 1.86. The Morgan fingerprint density at radius 3 is 2.84 bits per heavy atom. The third-order valence-electron chi connectivity index (χ3n) is 3.75. The summed E-state index contributed by atoms with van der Waals surface area (Å²) >= 11 is 3.14. The molecular weight excluding hydrogens is 352 g/mol. The quantitative estimate of drug-likeness (QED) is 0.671. The summed E-state index contributed by atoms with van der Waals surface area (Å²) in [5.74, 6) is -0.0426. The van der Waals surface area contributed by atoms with E-state index >= 15 is 0 Å². The molecule has 0 bridgehead atoms. The van der Waals surface area contributed by atoms with E-state index in [1.807, 2.05) is 60.5 Å². The third kappa shape index (κ3) is 4.11. The number of thiazole rings is 1. The van der Waals surface area contributed by atoms with E-state index < -0.39 is 0 Å². The topological polar surface area (TPSA) is 59.8 Å². The number of nitrogens with zero attached hydrogens (tertiary/aromatic N) is 3. The van der Waals surface area contributed by atoms with Crippen molar-refractivity contribution in [1.82, 2.24) is 20.1 Å².